The van der Waals surface area contributed by atoms with Gasteiger partial charge in [-0.25, -0.2) is 0 Å². The summed E-state index contributed by atoms with van der Waals surface area (Å²) in [4.78, 5) is 17.7. The summed E-state index contributed by atoms with van der Waals surface area (Å²) in [5.74, 6) is -0.158. The molecule has 0 spiro atoms. The second kappa shape index (κ2) is 8.26. The smallest absolute Gasteiger partial charge is 0.255 e. The molecule has 1 N–H and O–H groups in total. The molecule has 2 unspecified atom stereocenters. The molecule has 0 aliphatic carbocycles. The van der Waals surface area contributed by atoms with Gasteiger partial charge in [0, 0.05) is 42.1 Å². The van der Waals surface area contributed by atoms with E-state index in [0.717, 1.165) is 24.3 Å². The number of anilines is 2. The molecule has 0 aromatic heterocycles. The summed E-state index contributed by atoms with van der Waals surface area (Å²) in [5, 5.41) is 11.9. The van der Waals surface area contributed by atoms with Gasteiger partial charge in [0.25, 0.3) is 5.91 Å². The molecule has 29 heavy (non-hydrogen) atoms. The molecule has 2 heterocycles. The van der Waals surface area contributed by atoms with E-state index in [-0.39, 0.29) is 5.91 Å². The zero-order chi connectivity index (χ0) is 20.4. The van der Waals surface area contributed by atoms with E-state index in [9.17, 15) is 4.79 Å². The predicted molar refractivity (Wildman–Crippen MR) is 116 cm³/mol. The van der Waals surface area contributed by atoms with Crippen LogP contribution in [0.15, 0.2) is 42.5 Å². The number of aryl methyl sites for hydroxylation is 1. The Hall–Kier alpha value is -2.84. The summed E-state index contributed by atoms with van der Waals surface area (Å²) in [6.45, 7) is 7.79. The molecule has 2 atom stereocenters. The summed E-state index contributed by atoms with van der Waals surface area (Å²) in [6, 6.07) is 16.4. The van der Waals surface area contributed by atoms with Crippen LogP contribution in [0.5, 0.6) is 0 Å². The van der Waals surface area contributed by atoms with Crippen molar-refractivity contribution in [2.24, 2.45) is 0 Å². The summed E-state index contributed by atoms with van der Waals surface area (Å²) in [7, 11) is 0. The molecular formula is C24H28N4O. The lowest BCUT2D eigenvalue weighted by Gasteiger charge is -2.28. The first-order valence-corrected chi connectivity index (χ1v) is 10.5. The van der Waals surface area contributed by atoms with Gasteiger partial charge < -0.3 is 10.2 Å². The second-order valence-electron chi connectivity index (χ2n) is 8.26. The highest BCUT2D eigenvalue weighted by Crippen LogP contribution is 2.30. The van der Waals surface area contributed by atoms with E-state index in [1.54, 1.807) is 24.3 Å². The minimum absolute atomic E-state index is 0.158. The summed E-state index contributed by atoms with van der Waals surface area (Å²) >= 11 is 0. The average Bonchev–Trinajstić information content (AvgIpc) is 3.38. The fourth-order valence-corrected chi connectivity index (χ4v) is 4.62. The molecule has 5 heteroatoms. The van der Waals surface area contributed by atoms with Gasteiger partial charge in [0.1, 0.15) is 0 Å². The van der Waals surface area contributed by atoms with Crippen LogP contribution in [-0.2, 0) is 0 Å². The van der Waals surface area contributed by atoms with Crippen molar-refractivity contribution >= 4 is 17.3 Å². The SMILES string of the molecule is Cc1cc(N2CCC(N3CCCC3C)C2)ccc1NC(=O)c1ccc(C#N)cc1. The highest BCUT2D eigenvalue weighted by Gasteiger charge is 2.32. The van der Waals surface area contributed by atoms with Crippen molar-refractivity contribution in [3.05, 3.63) is 59.2 Å². The zero-order valence-electron chi connectivity index (χ0n) is 17.2. The van der Waals surface area contributed by atoms with Gasteiger partial charge in [0.15, 0.2) is 0 Å². The number of nitrogens with one attached hydrogen (secondary N) is 1. The van der Waals surface area contributed by atoms with Gasteiger partial charge in [-0.05, 0) is 87.7 Å². The molecule has 0 radical (unpaired) electrons. The summed E-state index contributed by atoms with van der Waals surface area (Å²) in [5.41, 5.74) is 4.21. The van der Waals surface area contributed by atoms with Crippen molar-refractivity contribution in [3.63, 3.8) is 0 Å². The van der Waals surface area contributed by atoms with Crippen molar-refractivity contribution in [1.82, 2.24) is 4.90 Å². The Labute approximate surface area is 172 Å². The van der Waals surface area contributed by atoms with Crippen LogP contribution in [0.2, 0.25) is 0 Å². The molecule has 1 amide bonds. The fourth-order valence-electron chi connectivity index (χ4n) is 4.62. The van der Waals surface area contributed by atoms with Crippen molar-refractivity contribution in [3.8, 4) is 6.07 Å². The van der Waals surface area contributed by atoms with E-state index in [1.807, 2.05) is 13.0 Å². The van der Waals surface area contributed by atoms with E-state index < -0.39 is 0 Å². The first kappa shape index (κ1) is 19.5. The Kier molecular flexibility index (Phi) is 5.55. The van der Waals surface area contributed by atoms with E-state index in [0.29, 0.717) is 23.2 Å². The molecule has 2 aliphatic heterocycles. The lowest BCUT2D eigenvalue weighted by atomic mass is 10.1. The summed E-state index contributed by atoms with van der Waals surface area (Å²) < 4.78 is 0. The number of carbonyl (C=O) groups excluding carboxylic acids is 1. The molecule has 2 aliphatic rings. The molecule has 2 aromatic carbocycles. The number of nitrogens with zero attached hydrogens (tertiary/aromatic N) is 3. The Morgan fingerprint density at radius 1 is 1.14 bits per heavy atom. The predicted octanol–water partition coefficient (Wildman–Crippen LogP) is 4.18. The van der Waals surface area contributed by atoms with Crippen molar-refractivity contribution in [2.75, 3.05) is 29.9 Å². The second-order valence-corrected chi connectivity index (χ2v) is 8.26. The molecular weight excluding hydrogens is 360 g/mol. The largest absolute Gasteiger partial charge is 0.370 e. The maximum absolute atomic E-state index is 12.5. The number of benzene rings is 2. The standard InChI is InChI=1S/C24H28N4O/c1-17-14-21(27-13-11-22(16-27)28-12-3-4-18(28)2)9-10-23(17)26-24(29)20-7-5-19(15-25)6-8-20/h5-10,14,18,22H,3-4,11-13,16H2,1-2H3,(H,26,29). The Bertz CT molecular complexity index is 931. The normalized spacial score (nSPS) is 21.9. The van der Waals surface area contributed by atoms with Crippen molar-refractivity contribution in [1.29, 1.82) is 5.26 Å². The van der Waals surface area contributed by atoms with Crippen LogP contribution in [0.1, 0.15) is 47.7 Å². The number of nitriles is 1. The molecule has 0 bridgehead atoms. The first-order valence-electron chi connectivity index (χ1n) is 10.5. The van der Waals surface area contributed by atoms with Crippen molar-refractivity contribution in [2.45, 2.75) is 45.2 Å². The highest BCUT2D eigenvalue weighted by atomic mass is 16.1. The average molecular weight is 389 g/mol. The number of carbonyl (C=O) groups is 1. The number of amides is 1. The molecule has 2 fully saturated rings. The number of hydrogen-bond acceptors (Lipinski definition) is 4. The lowest BCUT2D eigenvalue weighted by molar-refractivity contribution is 0.102. The van der Waals surface area contributed by atoms with Crippen molar-refractivity contribution < 1.29 is 4.79 Å². The van der Waals surface area contributed by atoms with Gasteiger partial charge in [0.2, 0.25) is 0 Å². The maximum atomic E-state index is 12.5. The minimum Gasteiger partial charge on any atom is -0.370 e. The summed E-state index contributed by atoms with van der Waals surface area (Å²) in [6.07, 6.45) is 3.87. The van der Waals surface area contributed by atoms with Crippen LogP contribution in [0.3, 0.4) is 0 Å². The molecule has 2 aromatic rings. The Balaban J connectivity index is 1.41. The van der Waals surface area contributed by atoms with Gasteiger partial charge >= 0.3 is 0 Å². The number of rotatable bonds is 4. The van der Waals surface area contributed by atoms with E-state index in [4.69, 9.17) is 5.26 Å². The van der Waals surface area contributed by atoms with E-state index in [2.05, 4.69) is 40.2 Å². The number of hydrogen-bond donors (Lipinski definition) is 1. The molecule has 5 nitrogen and oxygen atoms in total. The van der Waals surface area contributed by atoms with Gasteiger partial charge in [-0.3, -0.25) is 9.69 Å². The zero-order valence-corrected chi connectivity index (χ0v) is 17.2. The van der Waals surface area contributed by atoms with Crippen LogP contribution < -0.4 is 10.2 Å². The van der Waals surface area contributed by atoms with Gasteiger partial charge in [0.05, 0.1) is 11.6 Å². The van der Waals surface area contributed by atoms with Gasteiger partial charge in [-0.1, -0.05) is 0 Å². The fraction of sp³-hybridized carbons (Fsp3) is 0.417. The topological polar surface area (TPSA) is 59.4 Å². The quantitative estimate of drug-likeness (QED) is 0.853. The lowest BCUT2D eigenvalue weighted by Crippen LogP contribution is -2.39. The number of likely N-dealkylation sites (tertiary alicyclic amines) is 1. The third-order valence-electron chi connectivity index (χ3n) is 6.34. The minimum atomic E-state index is -0.158. The van der Waals surface area contributed by atoms with Gasteiger partial charge in [-0.15, -0.1) is 0 Å². The molecule has 0 saturated carbocycles. The first-order chi connectivity index (χ1) is 14.0. The molecule has 2 saturated heterocycles. The molecule has 150 valence electrons. The third kappa shape index (κ3) is 4.13. The van der Waals surface area contributed by atoms with Gasteiger partial charge in [-0.2, -0.15) is 5.26 Å². The molecule has 4 rings (SSSR count). The Morgan fingerprint density at radius 2 is 1.93 bits per heavy atom. The van der Waals surface area contributed by atoms with Crippen LogP contribution in [0.25, 0.3) is 0 Å². The van der Waals surface area contributed by atoms with Crippen LogP contribution in [0, 0.1) is 18.3 Å². The van der Waals surface area contributed by atoms with Crippen LogP contribution in [0.4, 0.5) is 11.4 Å². The van der Waals surface area contributed by atoms with E-state index in [1.165, 1.54) is 31.5 Å². The third-order valence-corrected chi connectivity index (χ3v) is 6.34. The van der Waals surface area contributed by atoms with Crippen LogP contribution in [-0.4, -0.2) is 42.5 Å². The highest BCUT2D eigenvalue weighted by molar-refractivity contribution is 6.04. The van der Waals surface area contributed by atoms with Crippen LogP contribution >= 0.6 is 0 Å². The monoisotopic (exact) mass is 388 g/mol. The Morgan fingerprint density at radius 3 is 2.59 bits per heavy atom. The van der Waals surface area contributed by atoms with E-state index >= 15 is 0 Å². The maximum Gasteiger partial charge on any atom is 0.255 e.